The van der Waals surface area contributed by atoms with Crippen LogP contribution in [0.3, 0.4) is 0 Å². The SMILES string of the molecule is CC(C)NCc1sc(N(C)CC2CCC2)nc1C(C)C. The molecule has 0 aliphatic heterocycles. The second-order valence-corrected chi connectivity index (χ2v) is 7.73. The maximum absolute atomic E-state index is 4.90. The first kappa shape index (κ1) is 15.8. The lowest BCUT2D eigenvalue weighted by atomic mass is 9.85. The van der Waals surface area contributed by atoms with Crippen LogP contribution in [0.25, 0.3) is 0 Å². The van der Waals surface area contributed by atoms with Gasteiger partial charge in [0, 0.05) is 31.1 Å². The highest BCUT2D eigenvalue weighted by molar-refractivity contribution is 7.15. The molecule has 1 aromatic rings. The van der Waals surface area contributed by atoms with Crippen molar-refractivity contribution in [3.05, 3.63) is 10.6 Å². The van der Waals surface area contributed by atoms with Crippen LogP contribution in [-0.4, -0.2) is 24.6 Å². The van der Waals surface area contributed by atoms with Gasteiger partial charge < -0.3 is 10.2 Å². The molecule has 1 aromatic heterocycles. The number of anilines is 1. The predicted octanol–water partition coefficient (Wildman–Crippen LogP) is 4.00. The van der Waals surface area contributed by atoms with Crippen molar-refractivity contribution in [1.82, 2.24) is 10.3 Å². The topological polar surface area (TPSA) is 28.2 Å². The zero-order valence-electron chi connectivity index (χ0n) is 13.6. The van der Waals surface area contributed by atoms with Crippen molar-refractivity contribution in [3.8, 4) is 0 Å². The minimum absolute atomic E-state index is 0.501. The highest BCUT2D eigenvalue weighted by atomic mass is 32.1. The molecule has 0 spiro atoms. The summed E-state index contributed by atoms with van der Waals surface area (Å²) in [5, 5.41) is 4.72. The third-order valence-corrected chi connectivity index (χ3v) is 5.20. The highest BCUT2D eigenvalue weighted by Gasteiger charge is 2.22. The zero-order valence-corrected chi connectivity index (χ0v) is 14.4. The Morgan fingerprint density at radius 1 is 1.30 bits per heavy atom. The lowest BCUT2D eigenvalue weighted by molar-refractivity contribution is 0.321. The molecule has 1 N–H and O–H groups in total. The number of hydrogen-bond donors (Lipinski definition) is 1. The molecule has 0 bridgehead atoms. The van der Waals surface area contributed by atoms with Crippen LogP contribution in [-0.2, 0) is 6.54 Å². The predicted molar refractivity (Wildman–Crippen MR) is 88.8 cm³/mol. The van der Waals surface area contributed by atoms with Gasteiger partial charge in [-0.2, -0.15) is 0 Å². The van der Waals surface area contributed by atoms with Crippen LogP contribution in [0.2, 0.25) is 0 Å². The van der Waals surface area contributed by atoms with Crippen molar-refractivity contribution in [3.63, 3.8) is 0 Å². The Labute approximate surface area is 127 Å². The summed E-state index contributed by atoms with van der Waals surface area (Å²) in [6.45, 7) is 11.0. The Bertz CT molecular complexity index is 421. The Kier molecular flexibility index (Phi) is 5.44. The van der Waals surface area contributed by atoms with Gasteiger partial charge in [-0.15, -0.1) is 11.3 Å². The van der Waals surface area contributed by atoms with Gasteiger partial charge in [-0.1, -0.05) is 34.1 Å². The van der Waals surface area contributed by atoms with Crippen molar-refractivity contribution < 1.29 is 0 Å². The van der Waals surface area contributed by atoms with Gasteiger partial charge in [-0.05, 0) is 24.7 Å². The molecular formula is C16H29N3S. The molecular weight excluding hydrogens is 266 g/mol. The Morgan fingerprint density at radius 3 is 2.50 bits per heavy atom. The van der Waals surface area contributed by atoms with Crippen LogP contribution in [0.5, 0.6) is 0 Å². The Morgan fingerprint density at radius 2 is 2.00 bits per heavy atom. The summed E-state index contributed by atoms with van der Waals surface area (Å²) >= 11 is 1.87. The molecule has 0 amide bonds. The summed E-state index contributed by atoms with van der Waals surface area (Å²) in [6.07, 6.45) is 4.21. The van der Waals surface area contributed by atoms with Gasteiger partial charge >= 0.3 is 0 Å². The maximum atomic E-state index is 4.90. The number of rotatable bonds is 7. The molecule has 0 unspecified atom stereocenters. The molecule has 20 heavy (non-hydrogen) atoms. The molecule has 3 nitrogen and oxygen atoms in total. The van der Waals surface area contributed by atoms with E-state index >= 15 is 0 Å². The third-order valence-electron chi connectivity index (χ3n) is 4.02. The molecule has 0 atom stereocenters. The minimum Gasteiger partial charge on any atom is -0.351 e. The van der Waals surface area contributed by atoms with Gasteiger partial charge in [0.1, 0.15) is 0 Å². The summed E-state index contributed by atoms with van der Waals surface area (Å²) in [5.74, 6) is 1.39. The molecule has 2 rings (SSSR count). The van der Waals surface area contributed by atoms with Gasteiger partial charge in [-0.25, -0.2) is 4.98 Å². The average molecular weight is 295 g/mol. The third kappa shape index (κ3) is 3.95. The fraction of sp³-hybridized carbons (Fsp3) is 0.812. The number of nitrogens with zero attached hydrogens (tertiary/aromatic N) is 2. The summed E-state index contributed by atoms with van der Waals surface area (Å²) in [5.41, 5.74) is 1.28. The van der Waals surface area contributed by atoms with Crippen LogP contribution in [0.4, 0.5) is 5.13 Å². The summed E-state index contributed by atoms with van der Waals surface area (Å²) in [7, 11) is 2.20. The number of aromatic nitrogens is 1. The van der Waals surface area contributed by atoms with Crippen LogP contribution in [0, 0.1) is 5.92 Å². The van der Waals surface area contributed by atoms with E-state index in [1.54, 1.807) is 0 Å². The van der Waals surface area contributed by atoms with Crippen LogP contribution < -0.4 is 10.2 Å². The van der Waals surface area contributed by atoms with Crippen molar-refractivity contribution in [2.45, 2.75) is 65.5 Å². The first-order valence-electron chi connectivity index (χ1n) is 7.91. The average Bonchev–Trinajstić information content (AvgIpc) is 2.75. The quantitative estimate of drug-likeness (QED) is 0.824. The highest BCUT2D eigenvalue weighted by Crippen LogP contribution is 2.33. The van der Waals surface area contributed by atoms with Crippen LogP contribution in [0.15, 0.2) is 0 Å². The van der Waals surface area contributed by atoms with E-state index in [2.05, 4.69) is 45.0 Å². The zero-order chi connectivity index (χ0) is 14.7. The van der Waals surface area contributed by atoms with Gasteiger partial charge in [0.05, 0.1) is 5.69 Å². The van der Waals surface area contributed by atoms with E-state index in [4.69, 9.17) is 4.98 Å². The molecule has 1 fully saturated rings. The standard InChI is InChI=1S/C16H29N3S/c1-11(2)15-14(9-17-12(3)4)20-16(18-15)19(5)10-13-7-6-8-13/h11-13,17H,6-10H2,1-5H3. The van der Waals surface area contributed by atoms with Gasteiger partial charge in [0.2, 0.25) is 0 Å². The number of hydrogen-bond acceptors (Lipinski definition) is 4. The summed E-state index contributed by atoms with van der Waals surface area (Å²) in [4.78, 5) is 8.67. The lowest BCUT2D eigenvalue weighted by Gasteiger charge is -2.29. The van der Waals surface area contributed by atoms with Gasteiger partial charge in [0.15, 0.2) is 5.13 Å². The first-order chi connectivity index (χ1) is 9.47. The van der Waals surface area contributed by atoms with E-state index in [0.717, 1.165) is 12.5 Å². The second-order valence-electron chi connectivity index (χ2n) is 6.67. The normalized spacial score (nSPS) is 15.9. The Balaban J connectivity index is 2.06. The van der Waals surface area contributed by atoms with E-state index in [0.29, 0.717) is 12.0 Å². The molecule has 0 aromatic carbocycles. The van der Waals surface area contributed by atoms with Gasteiger partial charge in [-0.3, -0.25) is 0 Å². The van der Waals surface area contributed by atoms with Crippen molar-refractivity contribution in [2.24, 2.45) is 5.92 Å². The van der Waals surface area contributed by atoms with Crippen molar-refractivity contribution in [2.75, 3.05) is 18.5 Å². The Hall–Kier alpha value is -0.610. The molecule has 0 radical (unpaired) electrons. The number of nitrogens with one attached hydrogen (secondary N) is 1. The van der Waals surface area contributed by atoms with E-state index in [9.17, 15) is 0 Å². The van der Waals surface area contributed by atoms with Crippen molar-refractivity contribution >= 4 is 16.5 Å². The molecule has 0 saturated heterocycles. The van der Waals surface area contributed by atoms with E-state index in [1.165, 1.54) is 41.5 Å². The van der Waals surface area contributed by atoms with E-state index in [1.807, 2.05) is 11.3 Å². The minimum atomic E-state index is 0.501. The molecule has 1 saturated carbocycles. The van der Waals surface area contributed by atoms with Crippen LogP contribution >= 0.6 is 11.3 Å². The largest absolute Gasteiger partial charge is 0.351 e. The lowest BCUT2D eigenvalue weighted by Crippen LogP contribution is -2.29. The van der Waals surface area contributed by atoms with Crippen LogP contribution in [0.1, 0.15) is 63.4 Å². The molecule has 4 heteroatoms. The summed E-state index contributed by atoms with van der Waals surface area (Å²) in [6, 6.07) is 0.522. The monoisotopic (exact) mass is 295 g/mol. The molecule has 1 aliphatic carbocycles. The fourth-order valence-electron chi connectivity index (χ4n) is 2.53. The molecule has 1 heterocycles. The first-order valence-corrected chi connectivity index (χ1v) is 8.73. The van der Waals surface area contributed by atoms with Crippen molar-refractivity contribution in [1.29, 1.82) is 0 Å². The maximum Gasteiger partial charge on any atom is 0.185 e. The second kappa shape index (κ2) is 6.90. The smallest absolute Gasteiger partial charge is 0.185 e. The molecule has 1 aliphatic rings. The fourth-order valence-corrected chi connectivity index (χ4v) is 3.67. The molecule has 114 valence electrons. The number of thiazole rings is 1. The summed E-state index contributed by atoms with van der Waals surface area (Å²) < 4.78 is 0. The van der Waals surface area contributed by atoms with Gasteiger partial charge in [0.25, 0.3) is 0 Å². The van der Waals surface area contributed by atoms with E-state index < -0.39 is 0 Å². The van der Waals surface area contributed by atoms with E-state index in [-0.39, 0.29) is 0 Å².